The molecule has 0 spiro atoms. The molecule has 4 aromatic rings. The van der Waals surface area contributed by atoms with Gasteiger partial charge in [-0.3, -0.25) is 4.79 Å². The molecule has 3 nitrogen and oxygen atoms in total. The molecule has 5 rings (SSSR count). The maximum Gasteiger partial charge on any atom is 0.176 e. The monoisotopic (exact) mass is 505 g/mol. The second-order valence-corrected chi connectivity index (χ2v) is 11.0. The van der Waals surface area contributed by atoms with Gasteiger partial charge in [-0.15, -0.1) is 11.8 Å². The summed E-state index contributed by atoms with van der Waals surface area (Å²) in [5.74, 6) is 2.15. The molecule has 0 amide bonds. The second kappa shape index (κ2) is 10.7. The largest absolute Gasteiger partial charge is 0.493 e. The molecule has 0 fully saturated rings. The molecular weight excluding hydrogens is 474 g/mol. The number of nitrogens with zero attached hydrogens (tertiary/aromatic N) is 1. The minimum Gasteiger partial charge on any atom is -0.493 e. The van der Waals surface area contributed by atoms with Gasteiger partial charge in [0, 0.05) is 39.7 Å². The molecular formula is C30H32ClNO2S. The number of halogens is 1. The molecule has 0 saturated heterocycles. The summed E-state index contributed by atoms with van der Waals surface area (Å²) in [6.07, 6.45) is 6.44. The van der Waals surface area contributed by atoms with Crippen LogP contribution >= 0.6 is 23.4 Å². The Morgan fingerprint density at radius 3 is 2.71 bits per heavy atom. The molecule has 2 heterocycles. The number of aryl methyl sites for hydroxylation is 3. The summed E-state index contributed by atoms with van der Waals surface area (Å²) in [6, 6.07) is 17.0. The number of aromatic nitrogens is 1. The number of ketones is 1. The van der Waals surface area contributed by atoms with E-state index in [0.717, 1.165) is 64.5 Å². The molecule has 5 heteroatoms. The Hall–Kier alpha value is -2.43. The fraction of sp³-hybridized carbons (Fsp3) is 0.367. The van der Waals surface area contributed by atoms with E-state index >= 15 is 0 Å². The number of carbonyl (C=O) groups is 1. The van der Waals surface area contributed by atoms with Gasteiger partial charge in [0.25, 0.3) is 0 Å². The highest BCUT2D eigenvalue weighted by Crippen LogP contribution is 2.36. The van der Waals surface area contributed by atoms with Crippen molar-refractivity contribution in [2.24, 2.45) is 0 Å². The molecule has 0 atom stereocenters. The Labute approximate surface area is 216 Å². The van der Waals surface area contributed by atoms with Crippen LogP contribution in [-0.4, -0.2) is 22.7 Å². The first-order chi connectivity index (χ1) is 17.0. The van der Waals surface area contributed by atoms with Crippen molar-refractivity contribution in [3.63, 3.8) is 0 Å². The number of benzene rings is 3. The summed E-state index contributed by atoms with van der Waals surface area (Å²) in [5, 5.41) is 4.35. The summed E-state index contributed by atoms with van der Waals surface area (Å²) in [4.78, 5) is 14.0. The Kier molecular flexibility index (Phi) is 7.40. The van der Waals surface area contributed by atoms with Crippen LogP contribution in [0.4, 0.5) is 0 Å². The van der Waals surface area contributed by atoms with E-state index in [1.807, 2.05) is 17.8 Å². The third-order valence-corrected chi connectivity index (χ3v) is 8.44. The molecule has 1 aliphatic rings. The van der Waals surface area contributed by atoms with Crippen molar-refractivity contribution in [2.75, 3.05) is 12.4 Å². The summed E-state index contributed by atoms with van der Waals surface area (Å²) in [6.45, 7) is 5.06. The predicted octanol–water partition coefficient (Wildman–Crippen LogP) is 8.64. The van der Waals surface area contributed by atoms with E-state index in [4.69, 9.17) is 16.3 Å². The Balaban J connectivity index is 1.52. The number of fused-ring (bicyclic) bond motifs is 4. The third-order valence-electron chi connectivity index (χ3n) is 7.03. The minimum atomic E-state index is 0.100. The molecule has 0 saturated carbocycles. The number of carbonyl (C=O) groups excluding carboxylic acids is 1. The molecule has 0 aliphatic carbocycles. The summed E-state index contributed by atoms with van der Waals surface area (Å²) >= 11 is 8.62. The van der Waals surface area contributed by atoms with Crippen LogP contribution in [0.3, 0.4) is 0 Å². The van der Waals surface area contributed by atoms with Crippen molar-refractivity contribution in [2.45, 2.75) is 63.8 Å². The lowest BCUT2D eigenvalue weighted by Crippen LogP contribution is -2.10. The molecule has 6 bridgehead atoms. The van der Waals surface area contributed by atoms with Gasteiger partial charge in [0.2, 0.25) is 0 Å². The van der Waals surface area contributed by atoms with Crippen LogP contribution in [0, 0.1) is 6.92 Å². The zero-order chi connectivity index (χ0) is 24.4. The van der Waals surface area contributed by atoms with E-state index in [0.29, 0.717) is 6.61 Å². The van der Waals surface area contributed by atoms with Gasteiger partial charge in [-0.05, 0) is 79.1 Å². The van der Waals surface area contributed by atoms with Crippen LogP contribution in [0.25, 0.3) is 21.7 Å². The maximum absolute atomic E-state index is 12.7. The average molecular weight is 506 g/mol. The highest BCUT2D eigenvalue weighted by molar-refractivity contribution is 7.99. The molecule has 0 radical (unpaired) electrons. The third kappa shape index (κ3) is 4.96. The number of thioether (sulfide) groups is 1. The van der Waals surface area contributed by atoms with E-state index in [9.17, 15) is 4.79 Å². The highest BCUT2D eigenvalue weighted by atomic mass is 35.5. The number of Topliss-reactive ketones (excluding diaryl/α,β-unsaturated/α-hetero) is 1. The first kappa shape index (κ1) is 24.3. The van der Waals surface area contributed by atoms with Crippen molar-refractivity contribution >= 4 is 50.8 Å². The predicted molar refractivity (Wildman–Crippen MR) is 149 cm³/mol. The number of hydrogen-bond donors (Lipinski definition) is 0. The Morgan fingerprint density at radius 2 is 1.86 bits per heavy atom. The van der Waals surface area contributed by atoms with Gasteiger partial charge in [-0.1, -0.05) is 48.7 Å². The van der Waals surface area contributed by atoms with Crippen LogP contribution in [0.15, 0.2) is 53.4 Å². The normalized spacial score (nSPS) is 15.6. The fourth-order valence-electron chi connectivity index (χ4n) is 5.43. The number of hydrogen-bond acceptors (Lipinski definition) is 3. The number of ether oxygens (including phenoxy) is 1. The van der Waals surface area contributed by atoms with E-state index in [1.54, 1.807) is 6.92 Å². The Morgan fingerprint density at radius 1 is 1.03 bits per heavy atom. The van der Waals surface area contributed by atoms with Crippen molar-refractivity contribution < 1.29 is 9.53 Å². The van der Waals surface area contributed by atoms with Crippen molar-refractivity contribution in [3.05, 3.63) is 70.4 Å². The standard InChI is InChI=1S/C30H32ClNO2S/c1-20-29-25-12-5-3-4-8-17-35-23-18-22-10-6-7-11-24(22)28(19-23)34-16-9-15-32(30(20)21(2)33)27(29)14-13-26(25)31/h6-7,10-11,13-14,18-19H,3-5,8-9,12,15-17H2,1-2H3. The lowest BCUT2D eigenvalue weighted by molar-refractivity contribution is 0.100. The van der Waals surface area contributed by atoms with Crippen molar-refractivity contribution in [3.8, 4) is 5.75 Å². The molecule has 35 heavy (non-hydrogen) atoms. The van der Waals surface area contributed by atoms with Crippen LogP contribution in [0.2, 0.25) is 5.02 Å². The van der Waals surface area contributed by atoms with E-state index in [2.05, 4.69) is 54.0 Å². The molecule has 1 aromatic heterocycles. The molecule has 3 aromatic carbocycles. The highest BCUT2D eigenvalue weighted by Gasteiger charge is 2.21. The summed E-state index contributed by atoms with van der Waals surface area (Å²) < 4.78 is 8.53. The SMILES string of the molecule is CC(=O)c1c(C)c2c3c(Cl)ccc2n1CCCOc1cc(cc2ccccc12)SCCCCCC3. The minimum absolute atomic E-state index is 0.100. The average Bonchev–Trinajstić information content (AvgIpc) is 3.13. The van der Waals surface area contributed by atoms with E-state index in [1.165, 1.54) is 40.5 Å². The van der Waals surface area contributed by atoms with E-state index < -0.39 is 0 Å². The molecule has 0 N–H and O–H groups in total. The van der Waals surface area contributed by atoms with E-state index in [-0.39, 0.29) is 5.78 Å². The van der Waals surface area contributed by atoms with Crippen LogP contribution in [-0.2, 0) is 13.0 Å². The Bertz CT molecular complexity index is 1390. The lowest BCUT2D eigenvalue weighted by Gasteiger charge is -2.14. The zero-order valence-corrected chi connectivity index (χ0v) is 22.1. The maximum atomic E-state index is 12.7. The van der Waals surface area contributed by atoms with Crippen LogP contribution < -0.4 is 4.74 Å². The van der Waals surface area contributed by atoms with Gasteiger partial charge >= 0.3 is 0 Å². The molecule has 0 unspecified atom stereocenters. The van der Waals surface area contributed by atoms with Crippen LogP contribution in [0.5, 0.6) is 5.75 Å². The van der Waals surface area contributed by atoms with Gasteiger partial charge in [0.05, 0.1) is 12.3 Å². The summed E-state index contributed by atoms with van der Waals surface area (Å²) in [7, 11) is 0. The quantitative estimate of drug-likeness (QED) is 0.242. The second-order valence-electron chi connectivity index (χ2n) is 9.46. The van der Waals surface area contributed by atoms with Crippen LogP contribution in [0.1, 0.15) is 60.6 Å². The zero-order valence-electron chi connectivity index (χ0n) is 20.5. The van der Waals surface area contributed by atoms with Gasteiger partial charge in [-0.2, -0.15) is 0 Å². The molecule has 1 aliphatic heterocycles. The summed E-state index contributed by atoms with van der Waals surface area (Å²) in [5.41, 5.74) is 4.15. The van der Waals surface area contributed by atoms with Gasteiger partial charge in [-0.25, -0.2) is 0 Å². The van der Waals surface area contributed by atoms with Crippen molar-refractivity contribution in [1.29, 1.82) is 0 Å². The lowest BCUT2D eigenvalue weighted by atomic mass is 9.99. The molecule has 182 valence electrons. The first-order valence-corrected chi connectivity index (χ1v) is 14.0. The van der Waals surface area contributed by atoms with Gasteiger partial charge in [0.1, 0.15) is 5.75 Å². The first-order valence-electron chi connectivity index (χ1n) is 12.6. The van der Waals surface area contributed by atoms with Crippen molar-refractivity contribution in [1.82, 2.24) is 4.57 Å². The fourth-order valence-corrected chi connectivity index (χ4v) is 6.67. The smallest absolute Gasteiger partial charge is 0.176 e. The van der Waals surface area contributed by atoms with Gasteiger partial charge < -0.3 is 9.30 Å². The van der Waals surface area contributed by atoms with Gasteiger partial charge in [0.15, 0.2) is 5.78 Å². The number of rotatable bonds is 1. The topological polar surface area (TPSA) is 31.2 Å².